The largest absolute Gasteiger partial charge is 0.305 e. The van der Waals surface area contributed by atoms with E-state index in [1.54, 1.807) is 0 Å². The van der Waals surface area contributed by atoms with Crippen LogP contribution in [0.2, 0.25) is 12.1 Å². The summed E-state index contributed by atoms with van der Waals surface area (Å²) in [4.78, 5) is 6.88. The average Bonchev–Trinajstić information content (AvgIpc) is 2.37. The Morgan fingerprint density at radius 2 is 2.11 bits per heavy atom. The Balaban J connectivity index is 2.12. The molecule has 1 aliphatic rings. The molecule has 19 heavy (non-hydrogen) atoms. The van der Waals surface area contributed by atoms with E-state index in [-0.39, 0.29) is 6.71 Å². The quantitative estimate of drug-likeness (QED) is 0.779. The SMILES string of the molecule is CCN1CCB(C#N)C(Cc2cc(C)nc(C)c2)C1. The van der Waals surface area contributed by atoms with Crippen LogP contribution in [0.5, 0.6) is 0 Å². The molecule has 0 aliphatic carbocycles. The van der Waals surface area contributed by atoms with Crippen molar-refractivity contribution in [1.82, 2.24) is 9.88 Å². The van der Waals surface area contributed by atoms with Gasteiger partial charge in [-0.05, 0) is 69.7 Å². The topological polar surface area (TPSA) is 39.9 Å². The van der Waals surface area contributed by atoms with Gasteiger partial charge in [-0.2, -0.15) is 0 Å². The van der Waals surface area contributed by atoms with Gasteiger partial charge >= 0.3 is 0 Å². The number of nitriles is 1. The Hall–Kier alpha value is -1.34. The number of aryl methyl sites for hydroxylation is 2. The number of hydrogen-bond donors (Lipinski definition) is 0. The van der Waals surface area contributed by atoms with E-state index < -0.39 is 0 Å². The van der Waals surface area contributed by atoms with Crippen LogP contribution >= 0.6 is 0 Å². The van der Waals surface area contributed by atoms with Crippen LogP contribution in [-0.2, 0) is 6.42 Å². The van der Waals surface area contributed by atoms with E-state index in [2.05, 4.69) is 34.9 Å². The first-order valence-electron chi connectivity index (χ1n) is 7.18. The van der Waals surface area contributed by atoms with Gasteiger partial charge in [0.2, 0.25) is 0 Å². The van der Waals surface area contributed by atoms with E-state index >= 15 is 0 Å². The molecule has 0 saturated carbocycles. The van der Waals surface area contributed by atoms with E-state index in [9.17, 15) is 5.26 Å². The molecule has 3 nitrogen and oxygen atoms in total. The highest BCUT2D eigenvalue weighted by atomic mass is 15.1. The van der Waals surface area contributed by atoms with Crippen LogP contribution in [0.25, 0.3) is 0 Å². The average molecular weight is 255 g/mol. The maximum Gasteiger partial charge on any atom is 0.273 e. The maximum absolute atomic E-state index is 9.33. The fourth-order valence-electron chi connectivity index (χ4n) is 3.11. The zero-order valence-electron chi connectivity index (χ0n) is 12.2. The van der Waals surface area contributed by atoms with Crippen LogP contribution in [0.15, 0.2) is 12.1 Å². The van der Waals surface area contributed by atoms with Crippen molar-refractivity contribution in [3.63, 3.8) is 0 Å². The van der Waals surface area contributed by atoms with Gasteiger partial charge in [-0.15, -0.1) is 0 Å². The van der Waals surface area contributed by atoms with Gasteiger partial charge in [-0.25, -0.2) is 5.26 Å². The van der Waals surface area contributed by atoms with Gasteiger partial charge in [0.1, 0.15) is 0 Å². The predicted octanol–water partition coefficient (Wildman–Crippen LogP) is 2.50. The summed E-state index contributed by atoms with van der Waals surface area (Å²) in [6.07, 6.45) is 2.01. The summed E-state index contributed by atoms with van der Waals surface area (Å²) >= 11 is 0. The van der Waals surface area contributed by atoms with Crippen molar-refractivity contribution in [3.05, 3.63) is 29.1 Å². The minimum absolute atomic E-state index is 0.205. The maximum atomic E-state index is 9.33. The van der Waals surface area contributed by atoms with Crippen molar-refractivity contribution in [1.29, 1.82) is 5.26 Å². The molecule has 1 fully saturated rings. The van der Waals surface area contributed by atoms with Crippen LogP contribution in [0.4, 0.5) is 0 Å². The van der Waals surface area contributed by atoms with Crippen molar-refractivity contribution < 1.29 is 0 Å². The molecule has 0 N–H and O–H groups in total. The van der Waals surface area contributed by atoms with Crippen molar-refractivity contribution in [2.75, 3.05) is 19.6 Å². The molecule has 2 heterocycles. The molecular weight excluding hydrogens is 233 g/mol. The van der Waals surface area contributed by atoms with E-state index in [0.29, 0.717) is 5.82 Å². The minimum Gasteiger partial charge on any atom is -0.305 e. The molecule has 0 radical (unpaired) electrons. The van der Waals surface area contributed by atoms with Crippen LogP contribution < -0.4 is 0 Å². The van der Waals surface area contributed by atoms with Gasteiger partial charge < -0.3 is 4.90 Å². The Labute approximate surface area is 116 Å². The summed E-state index contributed by atoms with van der Waals surface area (Å²) in [6.45, 7) is 9.69. The van der Waals surface area contributed by atoms with Crippen molar-refractivity contribution >= 4 is 6.71 Å². The van der Waals surface area contributed by atoms with Crippen LogP contribution in [0, 0.1) is 25.1 Å². The lowest BCUT2D eigenvalue weighted by molar-refractivity contribution is 0.284. The number of aromatic nitrogens is 1. The fraction of sp³-hybridized carbons (Fsp3) is 0.600. The van der Waals surface area contributed by atoms with Gasteiger partial charge in [0.15, 0.2) is 0 Å². The van der Waals surface area contributed by atoms with E-state index in [1.165, 1.54) is 5.56 Å². The van der Waals surface area contributed by atoms with Gasteiger partial charge in [-0.1, -0.05) is 6.92 Å². The lowest BCUT2D eigenvalue weighted by Crippen LogP contribution is -2.42. The molecule has 0 spiro atoms. The molecule has 1 saturated heterocycles. The first-order valence-corrected chi connectivity index (χ1v) is 7.18. The summed E-state index contributed by atoms with van der Waals surface area (Å²) in [5, 5.41) is 9.33. The summed E-state index contributed by atoms with van der Waals surface area (Å²) in [6, 6.07) is 4.32. The minimum atomic E-state index is 0.205. The number of pyridine rings is 1. The summed E-state index contributed by atoms with van der Waals surface area (Å²) < 4.78 is 0. The monoisotopic (exact) mass is 255 g/mol. The van der Waals surface area contributed by atoms with Crippen molar-refractivity contribution in [2.24, 2.45) is 0 Å². The number of rotatable bonds is 3. The van der Waals surface area contributed by atoms with Crippen molar-refractivity contribution in [2.45, 2.75) is 39.3 Å². The van der Waals surface area contributed by atoms with E-state index in [4.69, 9.17) is 0 Å². The number of hydrogen-bond acceptors (Lipinski definition) is 3. The lowest BCUT2D eigenvalue weighted by atomic mass is 9.38. The second-order valence-electron chi connectivity index (χ2n) is 5.64. The molecule has 100 valence electrons. The van der Waals surface area contributed by atoms with E-state index in [0.717, 1.165) is 43.8 Å². The van der Waals surface area contributed by atoms with Gasteiger partial charge in [0.05, 0.1) is 0 Å². The molecule has 4 heteroatoms. The third-order valence-corrected chi connectivity index (χ3v) is 4.07. The Kier molecular flexibility index (Phi) is 4.60. The van der Waals surface area contributed by atoms with Crippen LogP contribution in [0.3, 0.4) is 0 Å². The third kappa shape index (κ3) is 3.57. The summed E-state index contributed by atoms with van der Waals surface area (Å²) in [5.74, 6) is 2.96. The third-order valence-electron chi connectivity index (χ3n) is 4.07. The molecule has 1 aliphatic heterocycles. The number of nitrogens with zero attached hydrogens (tertiary/aromatic N) is 3. The Morgan fingerprint density at radius 3 is 2.68 bits per heavy atom. The molecule has 2 rings (SSSR count). The normalized spacial score (nSPS) is 20.3. The molecule has 1 aromatic rings. The van der Waals surface area contributed by atoms with Gasteiger partial charge in [0.25, 0.3) is 6.71 Å². The van der Waals surface area contributed by atoms with Gasteiger partial charge in [0, 0.05) is 17.4 Å². The molecule has 0 aromatic carbocycles. The molecule has 0 bridgehead atoms. The zero-order chi connectivity index (χ0) is 13.8. The van der Waals surface area contributed by atoms with Gasteiger partial charge in [-0.3, -0.25) is 4.98 Å². The highest BCUT2D eigenvalue weighted by molar-refractivity contribution is 6.68. The first-order chi connectivity index (χ1) is 9.12. The first kappa shape index (κ1) is 14.1. The predicted molar refractivity (Wildman–Crippen MR) is 79.5 cm³/mol. The summed E-state index contributed by atoms with van der Waals surface area (Å²) in [7, 11) is 0. The molecule has 0 amide bonds. The standard InChI is InChI=1S/C15H22BN3/c1-4-19-6-5-16(11-17)15(10-19)9-14-7-12(2)18-13(3)8-14/h7-8,15H,4-6,9-10H2,1-3H3. The van der Waals surface area contributed by atoms with Crippen LogP contribution in [-0.4, -0.2) is 36.2 Å². The van der Waals surface area contributed by atoms with E-state index in [1.807, 2.05) is 13.8 Å². The second-order valence-corrected chi connectivity index (χ2v) is 5.64. The Morgan fingerprint density at radius 1 is 1.42 bits per heavy atom. The molecule has 1 atom stereocenters. The van der Waals surface area contributed by atoms with Crippen molar-refractivity contribution in [3.8, 4) is 5.97 Å². The smallest absolute Gasteiger partial charge is 0.273 e. The molecule has 1 unspecified atom stereocenters. The lowest BCUT2D eigenvalue weighted by Gasteiger charge is -2.33. The second kappa shape index (κ2) is 6.21. The Bertz CT molecular complexity index is 461. The molecule has 1 aromatic heterocycles. The highest BCUT2D eigenvalue weighted by Gasteiger charge is 2.32. The van der Waals surface area contributed by atoms with Crippen LogP contribution in [0.1, 0.15) is 23.9 Å². The highest BCUT2D eigenvalue weighted by Crippen LogP contribution is 2.26. The molecular formula is C15H22BN3. The fourth-order valence-corrected chi connectivity index (χ4v) is 3.11. The zero-order valence-corrected chi connectivity index (χ0v) is 12.2. The summed E-state index contributed by atoms with van der Waals surface area (Å²) in [5.41, 5.74) is 3.48.